The summed E-state index contributed by atoms with van der Waals surface area (Å²) in [4.78, 5) is 24.7. The third kappa shape index (κ3) is 3.25. The van der Waals surface area contributed by atoms with E-state index in [1.807, 2.05) is 62.5 Å². The first-order chi connectivity index (χ1) is 12.6. The van der Waals surface area contributed by atoms with Crippen molar-refractivity contribution in [1.82, 2.24) is 14.9 Å². The monoisotopic (exact) mass is 379 g/mol. The van der Waals surface area contributed by atoms with Crippen molar-refractivity contribution in [2.45, 2.75) is 13.5 Å². The number of carbonyl (C=O) groups is 1. The molecule has 0 saturated heterocycles. The summed E-state index contributed by atoms with van der Waals surface area (Å²) in [6.07, 6.45) is 0. The molecule has 0 aliphatic heterocycles. The number of hydrogen-bond donors (Lipinski definition) is 0. The molecule has 0 spiro atoms. The summed E-state index contributed by atoms with van der Waals surface area (Å²) < 4.78 is 1.14. The smallest absolute Gasteiger partial charge is 0.266 e. The average molecular weight is 380 g/mol. The van der Waals surface area contributed by atoms with Crippen LogP contribution in [0.2, 0.25) is 0 Å². The minimum atomic E-state index is -0.0197. The average Bonchev–Trinajstić information content (AvgIpc) is 3.24. The first-order valence-electron chi connectivity index (χ1n) is 8.24. The second kappa shape index (κ2) is 6.97. The van der Waals surface area contributed by atoms with Gasteiger partial charge in [0.05, 0.1) is 27.5 Å². The van der Waals surface area contributed by atoms with Crippen LogP contribution in [-0.2, 0) is 6.54 Å². The van der Waals surface area contributed by atoms with Crippen molar-refractivity contribution in [3.8, 4) is 11.3 Å². The third-order valence-electron chi connectivity index (χ3n) is 4.03. The number of amides is 1. The van der Waals surface area contributed by atoms with E-state index in [1.165, 1.54) is 11.3 Å². The summed E-state index contributed by atoms with van der Waals surface area (Å²) in [6, 6.07) is 17.9. The number of hydrogen-bond acceptors (Lipinski definition) is 5. The number of nitrogens with zero attached hydrogens (tertiary/aromatic N) is 3. The van der Waals surface area contributed by atoms with E-state index >= 15 is 0 Å². The van der Waals surface area contributed by atoms with Gasteiger partial charge in [-0.3, -0.25) is 4.79 Å². The summed E-state index contributed by atoms with van der Waals surface area (Å²) >= 11 is 3.07. The number of carbonyl (C=O) groups excluding carboxylic acids is 1. The maximum atomic E-state index is 13.0. The van der Waals surface area contributed by atoms with Gasteiger partial charge in [-0.2, -0.15) is 0 Å². The molecule has 0 saturated carbocycles. The zero-order valence-corrected chi connectivity index (χ0v) is 16.1. The quantitative estimate of drug-likeness (QED) is 0.501. The van der Waals surface area contributed by atoms with Crippen LogP contribution in [0.15, 0.2) is 54.6 Å². The molecule has 0 aliphatic carbocycles. The Balaban J connectivity index is 1.61. The molecule has 4 aromatic rings. The number of aromatic nitrogens is 2. The highest BCUT2D eigenvalue weighted by atomic mass is 32.1. The molecule has 6 heteroatoms. The van der Waals surface area contributed by atoms with Crippen LogP contribution in [-0.4, -0.2) is 27.8 Å². The van der Waals surface area contributed by atoms with E-state index in [0.29, 0.717) is 11.4 Å². The molecule has 0 bridgehead atoms. The number of thiazole rings is 2. The first-order valence-corrected chi connectivity index (χ1v) is 9.88. The van der Waals surface area contributed by atoms with Gasteiger partial charge in [-0.25, -0.2) is 9.97 Å². The molecule has 26 heavy (non-hydrogen) atoms. The maximum absolute atomic E-state index is 13.0. The zero-order chi connectivity index (χ0) is 18.1. The van der Waals surface area contributed by atoms with E-state index in [0.717, 1.165) is 31.5 Å². The van der Waals surface area contributed by atoms with Gasteiger partial charge in [0, 0.05) is 12.6 Å². The van der Waals surface area contributed by atoms with Crippen molar-refractivity contribution in [2.24, 2.45) is 0 Å². The van der Waals surface area contributed by atoms with E-state index in [2.05, 4.69) is 16.0 Å². The van der Waals surface area contributed by atoms with Crippen molar-refractivity contribution < 1.29 is 4.79 Å². The van der Waals surface area contributed by atoms with Gasteiger partial charge < -0.3 is 4.90 Å². The Bertz CT molecular complexity index is 1040. The fourth-order valence-electron chi connectivity index (χ4n) is 2.80. The Morgan fingerprint density at radius 1 is 1.00 bits per heavy atom. The molecule has 4 rings (SSSR count). The standard InChI is InChI=1S/C20H17N3OS2/c1-13-21-18(14-8-4-3-5-9-14)19(25-13)20(24)23(2)12-17-22-15-10-6-7-11-16(15)26-17/h3-11H,12H2,1-2H3. The fourth-order valence-corrected chi connectivity index (χ4v) is 4.76. The van der Waals surface area contributed by atoms with E-state index in [4.69, 9.17) is 0 Å². The van der Waals surface area contributed by atoms with E-state index in [-0.39, 0.29) is 5.91 Å². The lowest BCUT2D eigenvalue weighted by Gasteiger charge is -2.15. The highest BCUT2D eigenvalue weighted by Gasteiger charge is 2.22. The Kier molecular flexibility index (Phi) is 4.53. The largest absolute Gasteiger partial charge is 0.334 e. The van der Waals surface area contributed by atoms with E-state index in [1.54, 1.807) is 16.2 Å². The lowest BCUT2D eigenvalue weighted by molar-refractivity contribution is 0.0790. The Hall–Kier alpha value is -2.57. The predicted octanol–water partition coefficient (Wildman–Crippen LogP) is 5.00. The number of para-hydroxylation sites is 1. The second-order valence-corrected chi connectivity index (χ2v) is 8.33. The molecule has 2 heterocycles. The minimum Gasteiger partial charge on any atom is -0.334 e. The number of rotatable bonds is 4. The molecule has 2 aromatic heterocycles. The van der Waals surface area contributed by atoms with Crippen molar-refractivity contribution >= 4 is 38.8 Å². The number of fused-ring (bicyclic) bond motifs is 1. The zero-order valence-electron chi connectivity index (χ0n) is 14.5. The molecule has 0 radical (unpaired) electrons. The van der Waals surface area contributed by atoms with Gasteiger partial charge in [0.1, 0.15) is 9.88 Å². The van der Waals surface area contributed by atoms with Gasteiger partial charge in [0.15, 0.2) is 0 Å². The van der Waals surface area contributed by atoms with E-state index in [9.17, 15) is 4.79 Å². The van der Waals surface area contributed by atoms with Crippen LogP contribution in [0.25, 0.3) is 21.5 Å². The van der Waals surface area contributed by atoms with Gasteiger partial charge >= 0.3 is 0 Å². The Morgan fingerprint density at radius 2 is 1.73 bits per heavy atom. The van der Waals surface area contributed by atoms with Crippen LogP contribution in [0, 0.1) is 6.92 Å². The third-order valence-corrected chi connectivity index (χ3v) is 6.01. The van der Waals surface area contributed by atoms with E-state index < -0.39 is 0 Å². The minimum absolute atomic E-state index is 0.0197. The second-order valence-electron chi connectivity index (χ2n) is 6.01. The highest BCUT2D eigenvalue weighted by Crippen LogP contribution is 2.30. The Labute approximate surface area is 159 Å². The summed E-state index contributed by atoms with van der Waals surface area (Å²) in [5.41, 5.74) is 2.70. The predicted molar refractivity (Wildman–Crippen MR) is 108 cm³/mol. The van der Waals surface area contributed by atoms with Crippen molar-refractivity contribution in [1.29, 1.82) is 0 Å². The fraction of sp³-hybridized carbons (Fsp3) is 0.150. The molecule has 0 atom stereocenters. The summed E-state index contributed by atoms with van der Waals surface area (Å²) in [6.45, 7) is 2.42. The lowest BCUT2D eigenvalue weighted by atomic mass is 10.1. The summed E-state index contributed by atoms with van der Waals surface area (Å²) in [5.74, 6) is -0.0197. The van der Waals surface area contributed by atoms with Gasteiger partial charge in [-0.1, -0.05) is 42.5 Å². The molecule has 0 unspecified atom stereocenters. The number of aryl methyl sites for hydroxylation is 1. The van der Waals surface area contributed by atoms with Crippen LogP contribution in [0.1, 0.15) is 19.7 Å². The van der Waals surface area contributed by atoms with Gasteiger partial charge in [-0.05, 0) is 19.1 Å². The maximum Gasteiger partial charge on any atom is 0.266 e. The van der Waals surface area contributed by atoms with Gasteiger partial charge in [-0.15, -0.1) is 22.7 Å². The van der Waals surface area contributed by atoms with Crippen LogP contribution >= 0.6 is 22.7 Å². The van der Waals surface area contributed by atoms with Crippen LogP contribution in [0.3, 0.4) is 0 Å². The van der Waals surface area contributed by atoms with Gasteiger partial charge in [0.25, 0.3) is 5.91 Å². The van der Waals surface area contributed by atoms with Crippen molar-refractivity contribution in [2.75, 3.05) is 7.05 Å². The summed E-state index contributed by atoms with van der Waals surface area (Å²) in [5, 5.41) is 1.82. The molecular formula is C20H17N3OS2. The van der Waals surface area contributed by atoms with Crippen LogP contribution in [0.4, 0.5) is 0 Å². The molecule has 130 valence electrons. The van der Waals surface area contributed by atoms with Crippen LogP contribution < -0.4 is 0 Å². The molecule has 2 aromatic carbocycles. The topological polar surface area (TPSA) is 46.1 Å². The molecule has 0 aliphatic rings. The lowest BCUT2D eigenvalue weighted by Crippen LogP contribution is -2.25. The highest BCUT2D eigenvalue weighted by molar-refractivity contribution is 7.18. The Morgan fingerprint density at radius 3 is 2.50 bits per heavy atom. The molecule has 1 amide bonds. The van der Waals surface area contributed by atoms with Crippen molar-refractivity contribution in [3.05, 3.63) is 69.5 Å². The summed E-state index contributed by atoms with van der Waals surface area (Å²) in [7, 11) is 1.82. The molecule has 0 N–H and O–H groups in total. The normalized spacial score (nSPS) is 11.0. The van der Waals surface area contributed by atoms with Crippen molar-refractivity contribution in [3.63, 3.8) is 0 Å². The molecule has 4 nitrogen and oxygen atoms in total. The SMILES string of the molecule is Cc1nc(-c2ccccc2)c(C(=O)N(C)Cc2nc3ccccc3s2)s1. The van der Waals surface area contributed by atoms with Crippen LogP contribution in [0.5, 0.6) is 0 Å². The first kappa shape index (κ1) is 16.9. The van der Waals surface area contributed by atoms with Gasteiger partial charge in [0.2, 0.25) is 0 Å². The molecule has 0 fully saturated rings. The number of benzene rings is 2. The molecular weight excluding hydrogens is 362 g/mol.